The number of rotatable bonds is 4. The molecule has 1 fully saturated rings. The summed E-state index contributed by atoms with van der Waals surface area (Å²) in [5.41, 5.74) is 7.12. The third-order valence-electron chi connectivity index (χ3n) is 3.41. The molecular formula is C15H22BrNO. The molecule has 100 valence electrons. The Bertz CT molecular complexity index is 386. The quantitative estimate of drug-likeness (QED) is 0.910. The summed E-state index contributed by atoms with van der Waals surface area (Å²) >= 11 is 3.52. The second-order valence-electron chi connectivity index (χ2n) is 5.31. The maximum Gasteiger partial charge on any atom is 0.123 e. The van der Waals surface area contributed by atoms with Gasteiger partial charge in [-0.3, -0.25) is 0 Å². The molecule has 1 saturated carbocycles. The number of hydrogen-bond donors (Lipinski definition) is 1. The lowest BCUT2D eigenvalue weighted by molar-refractivity contribution is 0.153. The first-order valence-corrected chi connectivity index (χ1v) is 7.65. The second-order valence-corrected chi connectivity index (χ2v) is 6.23. The van der Waals surface area contributed by atoms with Crippen LogP contribution in [0.15, 0.2) is 22.7 Å². The minimum absolute atomic E-state index is 0.160. The Balaban J connectivity index is 2.09. The van der Waals surface area contributed by atoms with Crippen molar-refractivity contribution in [2.24, 2.45) is 5.73 Å². The van der Waals surface area contributed by atoms with Gasteiger partial charge in [0.15, 0.2) is 0 Å². The van der Waals surface area contributed by atoms with E-state index >= 15 is 0 Å². The lowest BCUT2D eigenvalue weighted by Crippen LogP contribution is -2.22. The lowest BCUT2D eigenvalue weighted by atomic mass is 9.97. The molecule has 1 aromatic carbocycles. The van der Waals surface area contributed by atoms with E-state index in [4.69, 9.17) is 10.5 Å². The molecule has 2 N–H and O–H groups in total. The van der Waals surface area contributed by atoms with E-state index < -0.39 is 0 Å². The van der Waals surface area contributed by atoms with Crippen molar-refractivity contribution in [3.63, 3.8) is 0 Å². The fourth-order valence-corrected chi connectivity index (χ4v) is 2.94. The molecule has 2 nitrogen and oxygen atoms in total. The molecule has 0 aliphatic heterocycles. The Kier molecular flexibility index (Phi) is 5.07. The van der Waals surface area contributed by atoms with Crippen LogP contribution in [0.4, 0.5) is 0 Å². The third-order valence-corrected chi connectivity index (χ3v) is 3.90. The van der Waals surface area contributed by atoms with E-state index in [1.807, 2.05) is 13.0 Å². The highest BCUT2D eigenvalue weighted by Crippen LogP contribution is 2.28. The summed E-state index contributed by atoms with van der Waals surface area (Å²) in [7, 11) is 0. The van der Waals surface area contributed by atoms with Gasteiger partial charge in [-0.05, 0) is 62.8 Å². The molecule has 1 aliphatic rings. The summed E-state index contributed by atoms with van der Waals surface area (Å²) in [6.07, 6.45) is 7.58. The van der Waals surface area contributed by atoms with E-state index in [1.165, 1.54) is 37.7 Å². The van der Waals surface area contributed by atoms with Crippen LogP contribution in [0.25, 0.3) is 0 Å². The fourth-order valence-electron chi connectivity index (χ4n) is 2.53. The molecule has 2 rings (SSSR count). The molecule has 3 heteroatoms. The van der Waals surface area contributed by atoms with Crippen LogP contribution in [-0.2, 0) is 6.42 Å². The Hall–Kier alpha value is -0.540. The van der Waals surface area contributed by atoms with E-state index in [0.29, 0.717) is 6.10 Å². The highest BCUT2D eigenvalue weighted by Gasteiger charge is 2.16. The van der Waals surface area contributed by atoms with Crippen LogP contribution >= 0.6 is 15.9 Å². The Labute approximate surface area is 118 Å². The van der Waals surface area contributed by atoms with E-state index in [-0.39, 0.29) is 6.04 Å². The zero-order chi connectivity index (χ0) is 13.0. The molecule has 1 unspecified atom stereocenters. The highest BCUT2D eigenvalue weighted by atomic mass is 79.9. The van der Waals surface area contributed by atoms with Crippen molar-refractivity contribution >= 4 is 15.9 Å². The minimum Gasteiger partial charge on any atom is -0.490 e. The Morgan fingerprint density at radius 1 is 1.33 bits per heavy atom. The average Bonchev–Trinajstić information content (AvgIpc) is 2.33. The van der Waals surface area contributed by atoms with Crippen molar-refractivity contribution in [1.82, 2.24) is 0 Å². The molecule has 1 aliphatic carbocycles. The molecule has 0 bridgehead atoms. The summed E-state index contributed by atoms with van der Waals surface area (Å²) in [4.78, 5) is 0. The second kappa shape index (κ2) is 6.58. The van der Waals surface area contributed by atoms with Crippen LogP contribution in [0.1, 0.15) is 44.6 Å². The van der Waals surface area contributed by atoms with Gasteiger partial charge >= 0.3 is 0 Å². The molecule has 0 heterocycles. The SMILES string of the molecule is CC(N)Cc1cc(Br)ccc1OC1CCCCC1. The largest absolute Gasteiger partial charge is 0.490 e. The van der Waals surface area contributed by atoms with Gasteiger partial charge in [0.25, 0.3) is 0 Å². The van der Waals surface area contributed by atoms with Crippen LogP contribution in [0.2, 0.25) is 0 Å². The Morgan fingerprint density at radius 3 is 2.72 bits per heavy atom. The summed E-state index contributed by atoms with van der Waals surface area (Å²) in [5.74, 6) is 1.02. The Morgan fingerprint density at radius 2 is 2.06 bits per heavy atom. The van der Waals surface area contributed by atoms with Crippen molar-refractivity contribution in [3.8, 4) is 5.75 Å². The maximum absolute atomic E-state index is 6.17. The third kappa shape index (κ3) is 3.99. The van der Waals surface area contributed by atoms with Crippen molar-refractivity contribution in [3.05, 3.63) is 28.2 Å². The van der Waals surface area contributed by atoms with E-state index in [9.17, 15) is 0 Å². The standard InChI is InChI=1S/C15H22BrNO/c1-11(17)9-12-10-13(16)7-8-15(12)18-14-5-3-2-4-6-14/h7-8,10-11,14H,2-6,9,17H2,1H3. The lowest BCUT2D eigenvalue weighted by Gasteiger charge is -2.24. The number of hydrogen-bond acceptors (Lipinski definition) is 2. The van der Waals surface area contributed by atoms with Crippen LogP contribution in [0.3, 0.4) is 0 Å². The summed E-state index contributed by atoms with van der Waals surface area (Å²) in [6.45, 7) is 2.03. The van der Waals surface area contributed by atoms with Gasteiger partial charge < -0.3 is 10.5 Å². The molecule has 0 saturated heterocycles. The highest BCUT2D eigenvalue weighted by molar-refractivity contribution is 9.10. The number of halogens is 1. The van der Waals surface area contributed by atoms with Crippen LogP contribution in [0.5, 0.6) is 5.75 Å². The molecule has 0 aromatic heterocycles. The van der Waals surface area contributed by atoms with Crippen molar-refractivity contribution in [1.29, 1.82) is 0 Å². The predicted octanol–water partition coefficient (Wildman–Crippen LogP) is 4.05. The van der Waals surface area contributed by atoms with Crippen LogP contribution < -0.4 is 10.5 Å². The number of ether oxygens (including phenoxy) is 1. The van der Waals surface area contributed by atoms with E-state index in [1.54, 1.807) is 0 Å². The summed E-state index contributed by atoms with van der Waals surface area (Å²) < 4.78 is 7.26. The minimum atomic E-state index is 0.160. The topological polar surface area (TPSA) is 35.2 Å². The molecule has 0 radical (unpaired) electrons. The van der Waals surface area contributed by atoms with Crippen molar-refractivity contribution in [2.45, 2.75) is 57.6 Å². The summed E-state index contributed by atoms with van der Waals surface area (Å²) in [5, 5.41) is 0. The normalized spacial score (nSPS) is 18.6. The zero-order valence-electron chi connectivity index (χ0n) is 11.0. The van der Waals surface area contributed by atoms with Crippen LogP contribution in [-0.4, -0.2) is 12.1 Å². The monoisotopic (exact) mass is 311 g/mol. The van der Waals surface area contributed by atoms with Gasteiger partial charge in [0, 0.05) is 10.5 Å². The molecule has 1 atom stereocenters. The van der Waals surface area contributed by atoms with Gasteiger partial charge in [0.2, 0.25) is 0 Å². The van der Waals surface area contributed by atoms with Gasteiger partial charge in [-0.15, -0.1) is 0 Å². The molecular weight excluding hydrogens is 290 g/mol. The summed E-state index contributed by atoms with van der Waals surface area (Å²) in [6, 6.07) is 6.40. The molecule has 0 spiro atoms. The van der Waals surface area contributed by atoms with Crippen LogP contribution in [0, 0.1) is 0 Å². The van der Waals surface area contributed by atoms with Gasteiger partial charge in [0.1, 0.15) is 5.75 Å². The predicted molar refractivity (Wildman–Crippen MR) is 79.0 cm³/mol. The average molecular weight is 312 g/mol. The van der Waals surface area contributed by atoms with E-state index in [0.717, 1.165) is 16.6 Å². The van der Waals surface area contributed by atoms with E-state index in [2.05, 4.69) is 28.1 Å². The molecule has 0 amide bonds. The molecule has 18 heavy (non-hydrogen) atoms. The maximum atomic E-state index is 6.17. The van der Waals surface area contributed by atoms with Gasteiger partial charge in [-0.25, -0.2) is 0 Å². The molecule has 1 aromatic rings. The first-order valence-electron chi connectivity index (χ1n) is 6.86. The van der Waals surface area contributed by atoms with Gasteiger partial charge in [-0.1, -0.05) is 22.4 Å². The fraction of sp³-hybridized carbons (Fsp3) is 0.600. The van der Waals surface area contributed by atoms with Gasteiger partial charge in [-0.2, -0.15) is 0 Å². The first-order chi connectivity index (χ1) is 8.65. The first kappa shape index (κ1) is 13.9. The number of nitrogens with two attached hydrogens (primary N) is 1. The van der Waals surface area contributed by atoms with Crippen molar-refractivity contribution in [2.75, 3.05) is 0 Å². The van der Waals surface area contributed by atoms with Gasteiger partial charge in [0.05, 0.1) is 6.10 Å². The smallest absolute Gasteiger partial charge is 0.123 e. The zero-order valence-corrected chi connectivity index (χ0v) is 12.6. The number of benzene rings is 1. The van der Waals surface area contributed by atoms with Crippen molar-refractivity contribution < 1.29 is 4.74 Å².